The Kier molecular flexibility index (Phi) is 4.06. The van der Waals surface area contributed by atoms with E-state index in [1.165, 1.54) is 0 Å². The normalized spacial score (nSPS) is 16.1. The van der Waals surface area contributed by atoms with Crippen LogP contribution < -0.4 is 0 Å². The molecule has 4 aromatic heterocycles. The van der Waals surface area contributed by atoms with Crippen LogP contribution in [0.2, 0.25) is 0 Å². The van der Waals surface area contributed by atoms with Crippen LogP contribution in [0.4, 0.5) is 0 Å². The number of likely N-dealkylation sites (tertiary alicyclic amines) is 1. The number of fused-ring (bicyclic) bond motifs is 1. The van der Waals surface area contributed by atoms with Gasteiger partial charge in [0.2, 0.25) is 0 Å². The van der Waals surface area contributed by atoms with Gasteiger partial charge in [0.05, 0.1) is 6.54 Å². The van der Waals surface area contributed by atoms with Crippen LogP contribution in [0.5, 0.6) is 0 Å². The number of hydrogen-bond donors (Lipinski definition) is 0. The quantitative estimate of drug-likeness (QED) is 0.544. The van der Waals surface area contributed by atoms with Gasteiger partial charge < -0.3 is 0 Å². The van der Waals surface area contributed by atoms with E-state index in [0.29, 0.717) is 5.92 Å². The maximum Gasteiger partial charge on any atom is 0.178 e. The van der Waals surface area contributed by atoms with Gasteiger partial charge in [-0.3, -0.25) is 4.90 Å². The number of aromatic nitrogens is 8. The first-order valence-corrected chi connectivity index (χ1v) is 9.07. The second kappa shape index (κ2) is 6.84. The van der Waals surface area contributed by atoms with Crippen LogP contribution in [0.15, 0.2) is 49.1 Å². The van der Waals surface area contributed by atoms with Gasteiger partial charge in [0.25, 0.3) is 0 Å². The third-order valence-corrected chi connectivity index (χ3v) is 4.95. The number of hydrogen-bond acceptors (Lipinski definition) is 7. The van der Waals surface area contributed by atoms with Crippen molar-refractivity contribution in [3.8, 4) is 5.82 Å². The lowest BCUT2D eigenvalue weighted by molar-refractivity contribution is 0.196. The van der Waals surface area contributed by atoms with Crippen LogP contribution in [-0.2, 0) is 6.54 Å². The summed E-state index contributed by atoms with van der Waals surface area (Å²) in [4.78, 5) is 11.0. The Labute approximate surface area is 155 Å². The second-order valence-corrected chi connectivity index (χ2v) is 6.69. The lowest BCUT2D eigenvalue weighted by Gasteiger charge is -2.30. The Morgan fingerprint density at radius 3 is 2.59 bits per heavy atom. The summed E-state index contributed by atoms with van der Waals surface area (Å²) < 4.78 is 3.60. The molecule has 1 fully saturated rings. The van der Waals surface area contributed by atoms with E-state index < -0.39 is 0 Å². The minimum Gasteiger partial charge on any atom is -0.296 e. The van der Waals surface area contributed by atoms with Crippen LogP contribution in [0.25, 0.3) is 11.5 Å². The first kappa shape index (κ1) is 16.0. The molecule has 0 saturated carbocycles. The average Bonchev–Trinajstić information content (AvgIpc) is 3.39. The molecular weight excluding hydrogens is 342 g/mol. The molecule has 0 aromatic carbocycles. The molecule has 0 spiro atoms. The van der Waals surface area contributed by atoms with Gasteiger partial charge >= 0.3 is 0 Å². The molecule has 136 valence electrons. The molecule has 4 aromatic rings. The molecule has 0 bridgehead atoms. The van der Waals surface area contributed by atoms with E-state index in [1.54, 1.807) is 23.3 Å². The summed E-state index contributed by atoms with van der Waals surface area (Å²) in [5, 5.41) is 17.7. The molecule has 9 nitrogen and oxygen atoms in total. The Morgan fingerprint density at radius 2 is 1.81 bits per heavy atom. The molecule has 5 heterocycles. The predicted octanol–water partition coefficient (Wildman–Crippen LogP) is 1.48. The van der Waals surface area contributed by atoms with E-state index in [1.807, 2.05) is 35.0 Å². The summed E-state index contributed by atoms with van der Waals surface area (Å²) in [7, 11) is 0. The summed E-state index contributed by atoms with van der Waals surface area (Å²) in [5.74, 6) is 2.89. The van der Waals surface area contributed by atoms with Crippen molar-refractivity contribution in [1.29, 1.82) is 0 Å². The number of nitrogens with zero attached hydrogens (tertiary/aromatic N) is 9. The van der Waals surface area contributed by atoms with Gasteiger partial charge in [-0.15, -0.1) is 15.3 Å². The van der Waals surface area contributed by atoms with Crippen molar-refractivity contribution in [1.82, 2.24) is 44.5 Å². The zero-order valence-electron chi connectivity index (χ0n) is 14.8. The summed E-state index contributed by atoms with van der Waals surface area (Å²) in [6.07, 6.45) is 9.23. The van der Waals surface area contributed by atoms with Crippen LogP contribution in [0.1, 0.15) is 30.4 Å². The predicted molar refractivity (Wildman–Crippen MR) is 97.2 cm³/mol. The van der Waals surface area contributed by atoms with Crippen molar-refractivity contribution in [2.75, 3.05) is 13.1 Å². The molecule has 0 aliphatic carbocycles. The Balaban J connectivity index is 1.33. The first-order valence-electron chi connectivity index (χ1n) is 9.07. The van der Waals surface area contributed by atoms with Crippen molar-refractivity contribution >= 4 is 5.65 Å². The fraction of sp³-hybridized carbons (Fsp3) is 0.333. The summed E-state index contributed by atoms with van der Waals surface area (Å²) in [5.41, 5.74) is 0.765. The van der Waals surface area contributed by atoms with Crippen LogP contribution in [0.3, 0.4) is 0 Å². The Bertz CT molecular complexity index is 1020. The van der Waals surface area contributed by atoms with E-state index >= 15 is 0 Å². The summed E-state index contributed by atoms with van der Waals surface area (Å²) in [6, 6.07) is 7.56. The lowest BCUT2D eigenvalue weighted by Crippen LogP contribution is -2.33. The van der Waals surface area contributed by atoms with Crippen molar-refractivity contribution in [3.05, 3.63) is 60.7 Å². The molecule has 1 saturated heterocycles. The molecule has 0 radical (unpaired) electrons. The summed E-state index contributed by atoms with van der Waals surface area (Å²) in [6.45, 7) is 2.75. The maximum atomic E-state index is 4.70. The minimum absolute atomic E-state index is 0.341. The molecule has 5 rings (SSSR count). The van der Waals surface area contributed by atoms with E-state index in [-0.39, 0.29) is 0 Å². The van der Waals surface area contributed by atoms with Crippen molar-refractivity contribution < 1.29 is 0 Å². The molecule has 0 unspecified atom stereocenters. The third kappa shape index (κ3) is 3.17. The Morgan fingerprint density at radius 1 is 0.963 bits per heavy atom. The van der Waals surface area contributed by atoms with Crippen molar-refractivity contribution in [2.45, 2.75) is 25.3 Å². The van der Waals surface area contributed by atoms with Crippen molar-refractivity contribution in [2.24, 2.45) is 0 Å². The molecule has 0 atom stereocenters. The number of piperidine rings is 1. The summed E-state index contributed by atoms with van der Waals surface area (Å²) >= 11 is 0. The Hall–Kier alpha value is -3.20. The van der Waals surface area contributed by atoms with Crippen LogP contribution in [-0.4, -0.2) is 57.5 Å². The SMILES string of the molecule is c1cnc(CN2CCC(c3nnc4ccc(-n5cccn5)nn34)CC2)nc1. The van der Waals surface area contributed by atoms with Gasteiger partial charge in [0, 0.05) is 30.7 Å². The fourth-order valence-electron chi connectivity index (χ4n) is 3.54. The average molecular weight is 361 g/mol. The number of rotatable bonds is 4. The first-order chi connectivity index (χ1) is 13.4. The largest absolute Gasteiger partial charge is 0.296 e. The smallest absolute Gasteiger partial charge is 0.178 e. The highest BCUT2D eigenvalue weighted by Crippen LogP contribution is 2.27. The highest BCUT2D eigenvalue weighted by atomic mass is 15.4. The minimum atomic E-state index is 0.341. The van der Waals surface area contributed by atoms with Gasteiger partial charge in [-0.25, -0.2) is 14.6 Å². The molecule has 0 amide bonds. The van der Waals surface area contributed by atoms with Gasteiger partial charge in [0.1, 0.15) is 5.82 Å². The zero-order chi connectivity index (χ0) is 18.1. The van der Waals surface area contributed by atoms with Gasteiger partial charge in [-0.1, -0.05) is 0 Å². The third-order valence-electron chi connectivity index (χ3n) is 4.95. The van der Waals surface area contributed by atoms with E-state index in [2.05, 4.69) is 30.2 Å². The van der Waals surface area contributed by atoms with Gasteiger partial charge in [-0.05, 0) is 50.2 Å². The highest BCUT2D eigenvalue weighted by Gasteiger charge is 2.25. The zero-order valence-corrected chi connectivity index (χ0v) is 14.8. The monoisotopic (exact) mass is 361 g/mol. The van der Waals surface area contributed by atoms with Gasteiger partial charge in [0.15, 0.2) is 17.3 Å². The van der Waals surface area contributed by atoms with E-state index in [0.717, 1.165) is 55.6 Å². The standard InChI is InChI=1S/C18H19N9/c1-7-19-15(20-8-1)13-25-11-5-14(6-12-25)18-23-22-16-3-4-17(24-27(16)18)26-10-2-9-21-26/h1-4,7-10,14H,5-6,11-13H2. The molecular formula is C18H19N9. The lowest BCUT2D eigenvalue weighted by atomic mass is 9.96. The second-order valence-electron chi connectivity index (χ2n) is 6.69. The fourth-order valence-corrected chi connectivity index (χ4v) is 3.54. The van der Waals surface area contributed by atoms with Gasteiger partial charge in [-0.2, -0.15) is 9.61 Å². The van der Waals surface area contributed by atoms with Crippen molar-refractivity contribution in [3.63, 3.8) is 0 Å². The maximum absolute atomic E-state index is 4.70. The van der Waals surface area contributed by atoms with Crippen LogP contribution >= 0.6 is 0 Å². The molecule has 27 heavy (non-hydrogen) atoms. The molecule has 1 aliphatic rings. The molecule has 9 heteroatoms. The highest BCUT2D eigenvalue weighted by molar-refractivity contribution is 5.39. The van der Waals surface area contributed by atoms with E-state index in [9.17, 15) is 0 Å². The van der Waals surface area contributed by atoms with Crippen LogP contribution in [0, 0.1) is 0 Å². The molecule has 0 N–H and O–H groups in total. The topological polar surface area (TPSA) is 89.9 Å². The molecule has 1 aliphatic heterocycles. The van der Waals surface area contributed by atoms with E-state index in [4.69, 9.17) is 5.10 Å².